The molecule has 0 radical (unpaired) electrons. The van der Waals surface area contributed by atoms with Gasteiger partial charge in [0.15, 0.2) is 17.5 Å². The number of nitrogen functional groups attached to an aromatic ring is 3. The van der Waals surface area contributed by atoms with Gasteiger partial charge < -0.3 is 34.1 Å². The standard InChI is InChI=1S/C18H18N4.C12H12BrN3.C6H7N.CH2O3.2Na.H/c1-12-7-6-8-13(2)16(12)15-11-20-17(19)18(22-15)21-14-9-4-3-5-10-14;1-7-4-3-5-8(2)10(7)9-6-15-12(14)11(13)16-9;7-6-4-2-1-3-5-6;2-1-4-3;;;/h3-11H,1-2H3,(H2,19,20)(H,21,22);3-6H,1-2H3,(H2,14,15);1-5H,7H2;1,3H;;;/q;;;;2*+1;-1/p-1. The van der Waals surface area contributed by atoms with Gasteiger partial charge in [-0.25, -0.2) is 19.9 Å². The Morgan fingerprint density at radius 3 is 1.47 bits per heavy atom. The van der Waals surface area contributed by atoms with Crippen LogP contribution in [0.3, 0.4) is 0 Å². The van der Waals surface area contributed by atoms with Crippen molar-refractivity contribution >= 4 is 51.2 Å². The van der Waals surface area contributed by atoms with Crippen molar-refractivity contribution in [3.63, 3.8) is 0 Å². The molecule has 0 saturated heterocycles. The monoisotopic (exact) mass is 768 g/mol. The number of hydrogen-bond acceptors (Lipinski definition) is 11. The van der Waals surface area contributed by atoms with Gasteiger partial charge in [-0.15, -0.1) is 0 Å². The van der Waals surface area contributed by atoms with Gasteiger partial charge in [-0.1, -0.05) is 72.8 Å². The minimum Gasteiger partial charge on any atom is -1.00 e. The van der Waals surface area contributed by atoms with Crippen LogP contribution in [0.1, 0.15) is 23.7 Å². The molecule has 14 heteroatoms. The molecule has 4 aromatic carbocycles. The third-order valence-electron chi connectivity index (χ3n) is 6.91. The number of hydrogen-bond donors (Lipinski definition) is 4. The molecule has 0 saturated carbocycles. The van der Waals surface area contributed by atoms with Gasteiger partial charge >= 0.3 is 59.1 Å². The fourth-order valence-corrected chi connectivity index (χ4v) is 4.95. The second-order valence-electron chi connectivity index (χ2n) is 10.5. The summed E-state index contributed by atoms with van der Waals surface area (Å²) in [4.78, 5) is 28.7. The first-order valence-electron chi connectivity index (χ1n) is 14.9. The third-order valence-corrected chi connectivity index (χ3v) is 7.49. The second kappa shape index (κ2) is 23.6. The van der Waals surface area contributed by atoms with Gasteiger partial charge in [-0.2, -0.15) is 0 Å². The normalized spacial score (nSPS) is 9.37. The van der Waals surface area contributed by atoms with E-state index in [2.05, 4.69) is 98.0 Å². The summed E-state index contributed by atoms with van der Waals surface area (Å²) in [6.45, 7) is 8.10. The zero-order chi connectivity index (χ0) is 35.8. The van der Waals surface area contributed by atoms with E-state index < -0.39 is 0 Å². The zero-order valence-corrected chi connectivity index (χ0v) is 35.2. The number of rotatable bonds is 5. The fourth-order valence-electron chi connectivity index (χ4n) is 4.66. The van der Waals surface area contributed by atoms with Crippen LogP contribution in [0.2, 0.25) is 0 Å². The largest absolute Gasteiger partial charge is 1.00 e. The second-order valence-corrected chi connectivity index (χ2v) is 11.3. The molecule has 7 N–H and O–H groups in total. The first kappa shape index (κ1) is 45.2. The van der Waals surface area contributed by atoms with Crippen LogP contribution in [0.25, 0.3) is 22.5 Å². The molecule has 2 aromatic heterocycles. The van der Waals surface area contributed by atoms with E-state index in [1.54, 1.807) is 12.4 Å². The van der Waals surface area contributed by atoms with Gasteiger partial charge in [-0.3, -0.25) is 4.79 Å². The number of nitrogens with two attached hydrogens (primary N) is 3. The molecule has 6 aromatic rings. The van der Waals surface area contributed by atoms with Crippen molar-refractivity contribution < 1.29 is 75.5 Å². The number of nitrogens with zero attached hydrogens (tertiary/aromatic N) is 4. The average molecular weight is 770 g/mol. The number of benzene rings is 4. The number of nitrogens with one attached hydrogen (secondary N) is 1. The number of anilines is 5. The molecular weight excluding hydrogens is 730 g/mol. The molecule has 0 aliphatic rings. The van der Waals surface area contributed by atoms with Crippen LogP contribution in [-0.2, 0) is 9.68 Å². The van der Waals surface area contributed by atoms with Crippen molar-refractivity contribution in [2.75, 3.05) is 22.5 Å². The van der Waals surface area contributed by atoms with Crippen LogP contribution >= 0.6 is 15.9 Å². The maximum absolute atomic E-state index is 8.64. The maximum atomic E-state index is 8.64. The molecule has 0 aliphatic heterocycles. The quantitative estimate of drug-likeness (QED) is 0.0644. The van der Waals surface area contributed by atoms with E-state index in [0.29, 0.717) is 22.1 Å². The summed E-state index contributed by atoms with van der Waals surface area (Å²) in [6, 6.07) is 31.7. The van der Waals surface area contributed by atoms with Crippen LogP contribution in [-0.4, -0.2) is 26.4 Å². The molecule has 51 heavy (non-hydrogen) atoms. The Hall–Kier alpha value is -3.85. The Morgan fingerprint density at radius 2 is 1.08 bits per heavy atom. The van der Waals surface area contributed by atoms with Crippen molar-refractivity contribution in [1.29, 1.82) is 0 Å². The molecule has 6 rings (SSSR count). The van der Waals surface area contributed by atoms with E-state index in [1.807, 2.05) is 72.8 Å². The maximum Gasteiger partial charge on any atom is 1.00 e. The minimum atomic E-state index is -0.181. The number of carbonyl (C=O) groups is 1. The molecule has 0 bridgehead atoms. The van der Waals surface area contributed by atoms with Gasteiger partial charge in [0.1, 0.15) is 4.60 Å². The van der Waals surface area contributed by atoms with Gasteiger partial charge in [0.05, 0.1) is 23.8 Å². The van der Waals surface area contributed by atoms with Crippen LogP contribution in [0.5, 0.6) is 0 Å². The topological polar surface area (TPSA) is 191 Å². The molecule has 0 atom stereocenters. The number of para-hydroxylation sites is 2. The predicted molar refractivity (Wildman–Crippen MR) is 199 cm³/mol. The van der Waals surface area contributed by atoms with Crippen LogP contribution < -0.4 is 86.9 Å². The summed E-state index contributed by atoms with van der Waals surface area (Å²) in [7, 11) is 0. The molecule has 11 nitrogen and oxygen atoms in total. The van der Waals surface area contributed by atoms with Crippen LogP contribution in [0.15, 0.2) is 114 Å². The first-order valence-corrected chi connectivity index (χ1v) is 15.7. The Morgan fingerprint density at radius 1 is 0.667 bits per heavy atom. The molecule has 0 amide bonds. The predicted octanol–water partition coefficient (Wildman–Crippen LogP) is 1.02. The van der Waals surface area contributed by atoms with Gasteiger partial charge in [0.2, 0.25) is 0 Å². The van der Waals surface area contributed by atoms with Crippen molar-refractivity contribution in [2.45, 2.75) is 27.7 Å². The Labute approximate surface area is 352 Å². The summed E-state index contributed by atoms with van der Waals surface area (Å²) < 4.78 is 0.590. The minimum absolute atomic E-state index is 0. The summed E-state index contributed by atoms with van der Waals surface area (Å²) in [6.07, 6.45) is 3.43. The fraction of sp³-hybridized carbons (Fsp3) is 0.108. The molecule has 2 heterocycles. The van der Waals surface area contributed by atoms with E-state index in [-0.39, 0.29) is 67.0 Å². The van der Waals surface area contributed by atoms with E-state index >= 15 is 0 Å². The number of carbonyl (C=O) groups excluding carboxylic acids is 1. The average Bonchev–Trinajstić information content (AvgIpc) is 3.09. The summed E-state index contributed by atoms with van der Waals surface area (Å²) in [5.74, 6) is 1.38. The van der Waals surface area contributed by atoms with E-state index in [4.69, 9.17) is 27.3 Å². The van der Waals surface area contributed by atoms with E-state index in [0.717, 1.165) is 33.9 Å². The van der Waals surface area contributed by atoms with Gasteiger partial charge in [0, 0.05) is 22.5 Å². The molecular formula is C37H39BrN8Na2O3. The summed E-state index contributed by atoms with van der Waals surface area (Å²) >= 11 is 3.29. The van der Waals surface area contributed by atoms with Crippen molar-refractivity contribution in [1.82, 2.24) is 19.9 Å². The number of aromatic nitrogens is 4. The van der Waals surface area contributed by atoms with Crippen molar-refractivity contribution in [3.8, 4) is 22.5 Å². The van der Waals surface area contributed by atoms with E-state index in [1.165, 1.54) is 22.3 Å². The Kier molecular flexibility index (Phi) is 20.9. The van der Waals surface area contributed by atoms with Crippen LogP contribution in [0.4, 0.5) is 28.8 Å². The Balaban J connectivity index is 0.000000760. The zero-order valence-electron chi connectivity index (χ0n) is 30.6. The van der Waals surface area contributed by atoms with E-state index in [9.17, 15) is 0 Å². The molecule has 0 fully saturated rings. The van der Waals surface area contributed by atoms with Crippen LogP contribution in [0, 0.1) is 27.7 Å². The molecule has 254 valence electrons. The first-order chi connectivity index (χ1) is 23.5. The van der Waals surface area contributed by atoms with Crippen molar-refractivity contribution in [2.24, 2.45) is 0 Å². The third kappa shape index (κ3) is 14.4. The number of halogens is 1. The molecule has 0 aliphatic carbocycles. The SMILES string of the molecule is Cc1cccc(C)c1-c1cnc(N)c(Br)n1.Cc1cccc(C)c1-c1cnc(N)c(Nc2ccccc2)n1.Nc1ccccc1.O=CO[O-].[H-].[Na+].[Na+]. The smallest absolute Gasteiger partial charge is 1.00 e. The van der Waals surface area contributed by atoms with Gasteiger partial charge in [0.25, 0.3) is 6.47 Å². The molecule has 0 spiro atoms. The summed E-state index contributed by atoms with van der Waals surface area (Å²) in [5.41, 5.74) is 27.3. The number of aryl methyl sites for hydroxylation is 4. The Bertz CT molecular complexity index is 1920. The molecule has 0 unspecified atom stereocenters. The summed E-state index contributed by atoms with van der Waals surface area (Å²) in [5, 5.41) is 11.7. The van der Waals surface area contributed by atoms with Crippen molar-refractivity contribution in [3.05, 3.63) is 136 Å². The van der Waals surface area contributed by atoms with Gasteiger partial charge in [-0.05, 0) is 90.1 Å².